The van der Waals surface area contributed by atoms with Gasteiger partial charge in [-0.1, -0.05) is 6.07 Å². The average Bonchev–Trinajstić information content (AvgIpc) is 2.47. The third-order valence-corrected chi connectivity index (χ3v) is 3.23. The molecule has 2 rings (SSSR count). The highest BCUT2D eigenvalue weighted by Gasteiger charge is 2.24. The topological polar surface area (TPSA) is 50.8 Å². The minimum Gasteiger partial charge on any atom is -0.494 e. The van der Waals surface area contributed by atoms with E-state index in [4.69, 9.17) is 9.47 Å². The molecule has 1 aliphatic rings. The Morgan fingerprint density at radius 3 is 3.00 bits per heavy atom. The number of morpholine rings is 1. The van der Waals surface area contributed by atoms with Crippen molar-refractivity contribution in [3.63, 3.8) is 0 Å². The molecule has 1 N–H and O–H groups in total. The molecule has 0 spiro atoms. The van der Waals surface area contributed by atoms with Crippen LogP contribution in [0.15, 0.2) is 18.2 Å². The van der Waals surface area contributed by atoms with Gasteiger partial charge in [-0.05, 0) is 17.7 Å². The summed E-state index contributed by atoms with van der Waals surface area (Å²) in [7, 11) is 3.11. The van der Waals surface area contributed by atoms with Gasteiger partial charge in [0, 0.05) is 20.1 Å². The number of hydrogen-bond donors (Lipinski definition) is 1. The molecular formula is C14H19FN2O3. The van der Waals surface area contributed by atoms with Crippen molar-refractivity contribution >= 4 is 5.91 Å². The highest BCUT2D eigenvalue weighted by Crippen LogP contribution is 2.18. The molecule has 1 aliphatic heterocycles. The van der Waals surface area contributed by atoms with Crippen LogP contribution in [0.1, 0.15) is 5.56 Å². The van der Waals surface area contributed by atoms with Crippen molar-refractivity contribution in [1.29, 1.82) is 0 Å². The zero-order valence-electron chi connectivity index (χ0n) is 11.7. The van der Waals surface area contributed by atoms with Crippen LogP contribution in [0.25, 0.3) is 0 Å². The molecule has 1 amide bonds. The number of methoxy groups -OCH3 is 1. The molecule has 0 aromatic heterocycles. The molecule has 0 unspecified atom stereocenters. The molecule has 1 aromatic rings. The molecule has 1 atom stereocenters. The Morgan fingerprint density at radius 2 is 2.40 bits per heavy atom. The third kappa shape index (κ3) is 3.46. The van der Waals surface area contributed by atoms with Crippen molar-refractivity contribution in [1.82, 2.24) is 10.2 Å². The van der Waals surface area contributed by atoms with Crippen LogP contribution < -0.4 is 10.1 Å². The molecule has 6 heteroatoms. The molecule has 110 valence electrons. The Hall–Kier alpha value is -1.66. The summed E-state index contributed by atoms with van der Waals surface area (Å²) >= 11 is 0. The van der Waals surface area contributed by atoms with Gasteiger partial charge in [-0.25, -0.2) is 4.39 Å². The van der Waals surface area contributed by atoms with Crippen LogP contribution in [0.2, 0.25) is 0 Å². The molecular weight excluding hydrogens is 263 g/mol. The number of rotatable bonds is 4. The van der Waals surface area contributed by atoms with E-state index in [-0.39, 0.29) is 17.7 Å². The van der Waals surface area contributed by atoms with Crippen LogP contribution in [-0.4, -0.2) is 50.8 Å². The molecule has 0 aliphatic carbocycles. The number of halogens is 1. The number of carbonyl (C=O) groups excluding carboxylic acids is 1. The maximum absolute atomic E-state index is 13.6. The minimum atomic E-state index is -0.426. The summed E-state index contributed by atoms with van der Waals surface area (Å²) in [5, 5.41) is 3.10. The highest BCUT2D eigenvalue weighted by atomic mass is 19.1. The van der Waals surface area contributed by atoms with Gasteiger partial charge >= 0.3 is 0 Å². The summed E-state index contributed by atoms with van der Waals surface area (Å²) in [6.45, 7) is 2.01. The van der Waals surface area contributed by atoms with E-state index in [0.29, 0.717) is 26.3 Å². The van der Waals surface area contributed by atoms with Crippen LogP contribution in [0.4, 0.5) is 4.39 Å². The number of nitrogens with one attached hydrogen (secondary N) is 1. The summed E-state index contributed by atoms with van der Waals surface area (Å²) < 4.78 is 23.7. The van der Waals surface area contributed by atoms with E-state index in [1.807, 2.05) is 0 Å². The van der Waals surface area contributed by atoms with Gasteiger partial charge in [0.05, 0.1) is 20.3 Å². The van der Waals surface area contributed by atoms with Gasteiger partial charge in [-0.15, -0.1) is 0 Å². The second kappa shape index (κ2) is 6.67. The Balaban J connectivity index is 1.98. The second-order valence-corrected chi connectivity index (χ2v) is 4.74. The van der Waals surface area contributed by atoms with Crippen LogP contribution in [0.5, 0.6) is 5.75 Å². The first-order valence-corrected chi connectivity index (χ1v) is 6.50. The van der Waals surface area contributed by atoms with E-state index >= 15 is 0 Å². The van der Waals surface area contributed by atoms with Crippen molar-refractivity contribution in [2.24, 2.45) is 0 Å². The zero-order valence-corrected chi connectivity index (χ0v) is 11.7. The van der Waals surface area contributed by atoms with E-state index in [1.54, 1.807) is 24.1 Å². The maximum Gasteiger partial charge on any atom is 0.242 e. The SMILES string of the molecule is COc1ccc(CN(C)C(=O)[C@@H]2COCCN2)cc1F. The van der Waals surface area contributed by atoms with Crippen molar-refractivity contribution < 1.29 is 18.7 Å². The first kappa shape index (κ1) is 14.7. The summed E-state index contributed by atoms with van der Waals surface area (Å²) in [5.74, 6) is -0.282. The fraction of sp³-hybridized carbons (Fsp3) is 0.500. The number of amides is 1. The van der Waals surface area contributed by atoms with Gasteiger partial charge in [0.15, 0.2) is 11.6 Å². The largest absolute Gasteiger partial charge is 0.494 e. The van der Waals surface area contributed by atoms with Gasteiger partial charge in [0.2, 0.25) is 5.91 Å². The molecule has 20 heavy (non-hydrogen) atoms. The summed E-state index contributed by atoms with van der Waals surface area (Å²) in [4.78, 5) is 13.7. The lowest BCUT2D eigenvalue weighted by atomic mass is 10.1. The number of ether oxygens (including phenoxy) is 2. The standard InChI is InChI=1S/C14H19FN2O3/c1-17(14(18)12-9-20-6-5-16-12)8-10-3-4-13(19-2)11(15)7-10/h3-4,7,12,16H,5-6,8-9H2,1-2H3/t12-/m0/s1. The lowest BCUT2D eigenvalue weighted by Gasteiger charge is -2.27. The number of likely N-dealkylation sites (N-methyl/N-ethyl adjacent to an activating group) is 1. The lowest BCUT2D eigenvalue weighted by Crippen LogP contribution is -2.51. The van der Waals surface area contributed by atoms with E-state index < -0.39 is 5.82 Å². The van der Waals surface area contributed by atoms with E-state index in [2.05, 4.69) is 5.32 Å². The van der Waals surface area contributed by atoms with Gasteiger partial charge in [-0.3, -0.25) is 4.79 Å². The summed E-state index contributed by atoms with van der Waals surface area (Å²) in [5.41, 5.74) is 0.718. The van der Waals surface area contributed by atoms with Crippen LogP contribution in [0, 0.1) is 5.82 Å². The fourth-order valence-electron chi connectivity index (χ4n) is 2.15. The molecule has 1 fully saturated rings. The quantitative estimate of drug-likeness (QED) is 0.887. The van der Waals surface area contributed by atoms with E-state index in [0.717, 1.165) is 5.56 Å². The molecule has 1 saturated heterocycles. The summed E-state index contributed by atoms with van der Waals surface area (Å²) in [6.07, 6.45) is 0. The Kier molecular flexibility index (Phi) is 4.92. The highest BCUT2D eigenvalue weighted by molar-refractivity contribution is 5.81. The fourth-order valence-corrected chi connectivity index (χ4v) is 2.15. The van der Waals surface area contributed by atoms with Gasteiger partial charge in [-0.2, -0.15) is 0 Å². The zero-order chi connectivity index (χ0) is 14.5. The first-order valence-electron chi connectivity index (χ1n) is 6.50. The van der Waals surface area contributed by atoms with Gasteiger partial charge in [0.1, 0.15) is 6.04 Å². The maximum atomic E-state index is 13.6. The predicted molar refractivity (Wildman–Crippen MR) is 72.0 cm³/mol. The normalized spacial score (nSPS) is 18.6. The molecule has 0 radical (unpaired) electrons. The first-order chi connectivity index (χ1) is 9.61. The Labute approximate surface area is 117 Å². The lowest BCUT2D eigenvalue weighted by molar-refractivity contribution is -0.135. The average molecular weight is 282 g/mol. The molecule has 1 aromatic carbocycles. The monoisotopic (exact) mass is 282 g/mol. The van der Waals surface area contributed by atoms with Gasteiger partial charge in [0.25, 0.3) is 0 Å². The van der Waals surface area contributed by atoms with Crippen LogP contribution >= 0.6 is 0 Å². The van der Waals surface area contributed by atoms with E-state index in [1.165, 1.54) is 13.2 Å². The molecule has 0 saturated carbocycles. The smallest absolute Gasteiger partial charge is 0.242 e. The molecule has 1 heterocycles. The summed E-state index contributed by atoms with van der Waals surface area (Å²) in [6, 6.07) is 4.37. The molecule has 5 nitrogen and oxygen atoms in total. The third-order valence-electron chi connectivity index (χ3n) is 3.23. The van der Waals surface area contributed by atoms with Crippen molar-refractivity contribution in [3.05, 3.63) is 29.6 Å². The second-order valence-electron chi connectivity index (χ2n) is 4.74. The number of carbonyl (C=O) groups is 1. The van der Waals surface area contributed by atoms with Crippen molar-refractivity contribution in [2.45, 2.75) is 12.6 Å². The predicted octanol–water partition coefficient (Wildman–Crippen LogP) is 0.781. The Bertz CT molecular complexity index is 475. The Morgan fingerprint density at radius 1 is 1.60 bits per heavy atom. The number of benzene rings is 1. The van der Waals surface area contributed by atoms with Crippen molar-refractivity contribution in [2.75, 3.05) is 33.9 Å². The minimum absolute atomic E-state index is 0.0547. The van der Waals surface area contributed by atoms with Crippen molar-refractivity contribution in [3.8, 4) is 5.75 Å². The number of hydrogen-bond acceptors (Lipinski definition) is 4. The number of nitrogens with zero attached hydrogens (tertiary/aromatic N) is 1. The van der Waals surface area contributed by atoms with Crippen LogP contribution in [-0.2, 0) is 16.1 Å². The van der Waals surface area contributed by atoms with E-state index in [9.17, 15) is 9.18 Å². The molecule has 0 bridgehead atoms. The van der Waals surface area contributed by atoms with Crippen LogP contribution in [0.3, 0.4) is 0 Å². The van der Waals surface area contributed by atoms with Gasteiger partial charge < -0.3 is 19.7 Å².